The van der Waals surface area contributed by atoms with Crippen LogP contribution in [0.3, 0.4) is 0 Å². The van der Waals surface area contributed by atoms with Gasteiger partial charge in [-0.25, -0.2) is 9.59 Å². The first kappa shape index (κ1) is 21.5. The van der Waals surface area contributed by atoms with Gasteiger partial charge >= 0.3 is 11.8 Å². The summed E-state index contributed by atoms with van der Waals surface area (Å²) in [7, 11) is 0. The van der Waals surface area contributed by atoms with Crippen molar-refractivity contribution in [3.63, 3.8) is 0 Å². The molecule has 0 aromatic carbocycles. The third kappa shape index (κ3) is 6.12. The van der Waals surface area contributed by atoms with Crippen LogP contribution in [-0.4, -0.2) is 56.6 Å². The number of aromatic amines is 1. The zero-order valence-electron chi connectivity index (χ0n) is 16.0. The van der Waals surface area contributed by atoms with Gasteiger partial charge in [-0.2, -0.15) is 11.8 Å². The van der Waals surface area contributed by atoms with Crippen molar-refractivity contribution in [2.45, 2.75) is 57.3 Å². The first-order chi connectivity index (χ1) is 12.6. The third-order valence-electron chi connectivity index (χ3n) is 3.92. The van der Waals surface area contributed by atoms with Crippen LogP contribution in [0.5, 0.6) is 0 Å². The monoisotopic (exact) mass is 401 g/mol. The number of amides is 1. The number of carbonyl (C=O) groups excluding carboxylic acids is 1. The number of thioether (sulfide) groups is 1. The zero-order valence-corrected chi connectivity index (χ0v) is 16.8. The SMILES string of the molecule is Cc1cn([C@H]2C[C@H](SCCNC(=O)OC(C)(C)C)[C@@H](CO)O2)c(=O)[nH]c1=O. The van der Waals surface area contributed by atoms with E-state index in [9.17, 15) is 19.5 Å². The van der Waals surface area contributed by atoms with Crippen molar-refractivity contribution in [3.8, 4) is 0 Å². The highest BCUT2D eigenvalue weighted by molar-refractivity contribution is 8.00. The van der Waals surface area contributed by atoms with Crippen molar-refractivity contribution in [1.29, 1.82) is 0 Å². The Kier molecular flexibility index (Phi) is 7.12. The van der Waals surface area contributed by atoms with Gasteiger partial charge in [0.2, 0.25) is 0 Å². The zero-order chi connectivity index (χ0) is 20.2. The van der Waals surface area contributed by atoms with Crippen molar-refractivity contribution >= 4 is 17.9 Å². The van der Waals surface area contributed by atoms with Gasteiger partial charge in [-0.05, 0) is 27.7 Å². The smallest absolute Gasteiger partial charge is 0.407 e. The van der Waals surface area contributed by atoms with Gasteiger partial charge in [-0.1, -0.05) is 0 Å². The lowest BCUT2D eigenvalue weighted by Gasteiger charge is -2.20. The highest BCUT2D eigenvalue weighted by Crippen LogP contribution is 2.35. The van der Waals surface area contributed by atoms with E-state index in [-0.39, 0.29) is 11.9 Å². The Balaban J connectivity index is 1.89. The highest BCUT2D eigenvalue weighted by atomic mass is 32.2. The molecule has 10 heteroatoms. The topological polar surface area (TPSA) is 123 Å². The van der Waals surface area contributed by atoms with E-state index >= 15 is 0 Å². The number of alkyl carbamates (subject to hydrolysis) is 1. The number of carbonyl (C=O) groups is 1. The fourth-order valence-corrected chi connectivity index (χ4v) is 3.88. The highest BCUT2D eigenvalue weighted by Gasteiger charge is 2.36. The van der Waals surface area contributed by atoms with Crippen molar-refractivity contribution in [2.75, 3.05) is 18.9 Å². The minimum atomic E-state index is -0.554. The molecule has 1 amide bonds. The second kappa shape index (κ2) is 8.94. The predicted molar refractivity (Wildman–Crippen MR) is 102 cm³/mol. The molecule has 0 spiro atoms. The molecule has 27 heavy (non-hydrogen) atoms. The molecule has 9 nitrogen and oxygen atoms in total. The summed E-state index contributed by atoms with van der Waals surface area (Å²) >= 11 is 1.55. The normalized spacial score (nSPS) is 22.6. The van der Waals surface area contributed by atoms with Crippen LogP contribution in [0.1, 0.15) is 39.0 Å². The van der Waals surface area contributed by atoms with Gasteiger partial charge in [0.05, 0.1) is 12.7 Å². The molecule has 1 aliphatic rings. The average Bonchev–Trinajstić information content (AvgIpc) is 2.96. The first-order valence-corrected chi connectivity index (χ1v) is 9.82. The van der Waals surface area contributed by atoms with Gasteiger partial charge in [0.1, 0.15) is 11.8 Å². The summed E-state index contributed by atoms with van der Waals surface area (Å²) in [5, 5.41) is 12.2. The molecule has 1 fully saturated rings. The minimum absolute atomic E-state index is 0.0421. The van der Waals surface area contributed by atoms with E-state index in [0.717, 1.165) is 0 Å². The standard InChI is InChI=1S/C17H27N3O6S/c1-10-8-20(15(23)19-14(10)22)13-7-12(11(9-21)25-13)27-6-5-18-16(24)26-17(2,3)4/h8,11-13,21H,5-7,9H2,1-4H3,(H,18,24)(H,19,22,23)/t11-,12+,13-/m1/s1. The lowest BCUT2D eigenvalue weighted by molar-refractivity contribution is -0.0238. The van der Waals surface area contributed by atoms with E-state index in [1.807, 2.05) is 0 Å². The Morgan fingerprint density at radius 1 is 1.48 bits per heavy atom. The van der Waals surface area contributed by atoms with E-state index in [2.05, 4.69) is 10.3 Å². The largest absolute Gasteiger partial charge is 0.444 e. The Morgan fingerprint density at radius 2 is 2.19 bits per heavy atom. The summed E-state index contributed by atoms with van der Waals surface area (Å²) in [6, 6.07) is 0. The van der Waals surface area contributed by atoms with Gasteiger partial charge in [0.25, 0.3) is 5.56 Å². The fraction of sp³-hybridized carbons (Fsp3) is 0.706. The molecule has 0 radical (unpaired) electrons. The van der Waals surface area contributed by atoms with E-state index in [0.29, 0.717) is 24.3 Å². The summed E-state index contributed by atoms with van der Waals surface area (Å²) in [5.41, 5.74) is -1.10. The molecule has 152 valence electrons. The van der Waals surface area contributed by atoms with Crippen molar-refractivity contribution < 1.29 is 19.4 Å². The number of aliphatic hydroxyl groups is 1. The second-order valence-corrected chi connectivity index (χ2v) is 8.71. The van der Waals surface area contributed by atoms with Crippen LogP contribution in [0.25, 0.3) is 0 Å². The van der Waals surface area contributed by atoms with E-state index in [1.165, 1.54) is 10.8 Å². The molecular weight excluding hydrogens is 374 g/mol. The fourth-order valence-electron chi connectivity index (χ4n) is 2.69. The van der Waals surface area contributed by atoms with Crippen LogP contribution < -0.4 is 16.6 Å². The molecule has 0 saturated carbocycles. The lowest BCUT2D eigenvalue weighted by Crippen LogP contribution is -2.34. The number of ether oxygens (including phenoxy) is 2. The predicted octanol–water partition coefficient (Wildman–Crippen LogP) is 0.751. The number of nitrogens with one attached hydrogen (secondary N) is 2. The number of nitrogens with zero attached hydrogens (tertiary/aromatic N) is 1. The summed E-state index contributed by atoms with van der Waals surface area (Å²) in [5.74, 6) is 0.607. The molecule has 0 aliphatic carbocycles. The van der Waals surface area contributed by atoms with Gasteiger partial charge < -0.3 is 19.9 Å². The molecule has 1 aromatic heterocycles. The Bertz CT molecular complexity index is 769. The number of aliphatic hydroxyl groups excluding tert-OH is 1. The summed E-state index contributed by atoms with van der Waals surface area (Å²) < 4.78 is 12.3. The van der Waals surface area contributed by atoms with Gasteiger partial charge in [0, 0.05) is 35.7 Å². The van der Waals surface area contributed by atoms with Crippen LogP contribution in [0.2, 0.25) is 0 Å². The number of rotatable bonds is 6. The molecule has 1 aliphatic heterocycles. The lowest BCUT2D eigenvalue weighted by atomic mass is 10.2. The second-order valence-electron chi connectivity index (χ2n) is 7.36. The maximum atomic E-state index is 12.0. The van der Waals surface area contributed by atoms with Crippen molar-refractivity contribution in [1.82, 2.24) is 14.9 Å². The molecule has 3 N–H and O–H groups in total. The van der Waals surface area contributed by atoms with Crippen LogP contribution in [0.15, 0.2) is 15.8 Å². The number of aromatic nitrogens is 2. The van der Waals surface area contributed by atoms with Gasteiger partial charge in [-0.3, -0.25) is 14.3 Å². The Morgan fingerprint density at radius 3 is 2.81 bits per heavy atom. The number of hydrogen-bond donors (Lipinski definition) is 3. The number of hydrogen-bond acceptors (Lipinski definition) is 7. The molecule has 2 rings (SSSR count). The van der Waals surface area contributed by atoms with Crippen LogP contribution >= 0.6 is 11.8 Å². The van der Waals surface area contributed by atoms with Gasteiger partial charge in [-0.15, -0.1) is 0 Å². The van der Waals surface area contributed by atoms with E-state index < -0.39 is 35.3 Å². The summed E-state index contributed by atoms with van der Waals surface area (Å²) in [6.07, 6.45) is 0.519. The van der Waals surface area contributed by atoms with Crippen molar-refractivity contribution in [3.05, 3.63) is 32.6 Å². The molecule has 2 heterocycles. The Labute approximate surface area is 161 Å². The summed E-state index contributed by atoms with van der Waals surface area (Å²) in [6.45, 7) is 7.24. The molecule has 1 saturated heterocycles. The summed E-state index contributed by atoms with van der Waals surface area (Å²) in [4.78, 5) is 37.4. The first-order valence-electron chi connectivity index (χ1n) is 8.77. The number of H-pyrrole nitrogens is 1. The molecule has 0 bridgehead atoms. The third-order valence-corrected chi connectivity index (χ3v) is 5.28. The van der Waals surface area contributed by atoms with Crippen molar-refractivity contribution in [2.24, 2.45) is 0 Å². The van der Waals surface area contributed by atoms with Crippen LogP contribution in [0.4, 0.5) is 4.79 Å². The molecule has 0 unspecified atom stereocenters. The van der Waals surface area contributed by atoms with E-state index in [1.54, 1.807) is 39.5 Å². The van der Waals surface area contributed by atoms with E-state index in [4.69, 9.17) is 9.47 Å². The van der Waals surface area contributed by atoms with Crippen LogP contribution in [-0.2, 0) is 9.47 Å². The molecule has 1 aromatic rings. The maximum absolute atomic E-state index is 12.0. The number of aryl methyl sites for hydroxylation is 1. The quantitative estimate of drug-likeness (QED) is 0.601. The van der Waals surface area contributed by atoms with Gasteiger partial charge in [0.15, 0.2) is 0 Å². The minimum Gasteiger partial charge on any atom is -0.444 e. The maximum Gasteiger partial charge on any atom is 0.407 e. The van der Waals surface area contributed by atoms with Crippen LogP contribution in [0, 0.1) is 6.92 Å². The Hall–Kier alpha value is -1.78. The molecular formula is C17H27N3O6S. The molecule has 3 atom stereocenters. The average molecular weight is 401 g/mol.